The Kier molecular flexibility index (Phi) is 4.66. The number of para-hydroxylation sites is 1. The SMILES string of the molecule is CCC1Cn2c3ccc(C(=O)c4ccccc4)cc3c3cccc(c32)/C1=N/OC(C)=O. The van der Waals surface area contributed by atoms with Crippen LogP contribution in [-0.2, 0) is 16.2 Å². The van der Waals surface area contributed by atoms with Crippen LogP contribution in [0.1, 0.15) is 41.8 Å². The first-order valence-corrected chi connectivity index (χ1v) is 10.5. The molecule has 0 bridgehead atoms. The smallest absolute Gasteiger partial charge is 0.331 e. The van der Waals surface area contributed by atoms with Crippen LogP contribution in [0.2, 0.25) is 0 Å². The highest BCUT2D eigenvalue weighted by Crippen LogP contribution is 2.37. The van der Waals surface area contributed by atoms with Crippen molar-refractivity contribution in [1.82, 2.24) is 4.57 Å². The molecule has 1 unspecified atom stereocenters. The van der Waals surface area contributed by atoms with Gasteiger partial charge in [-0.15, -0.1) is 0 Å². The number of aromatic nitrogens is 1. The van der Waals surface area contributed by atoms with Crippen LogP contribution in [0.25, 0.3) is 21.8 Å². The maximum Gasteiger partial charge on any atom is 0.331 e. The van der Waals surface area contributed by atoms with Crippen molar-refractivity contribution in [3.63, 3.8) is 0 Å². The summed E-state index contributed by atoms with van der Waals surface area (Å²) in [5.74, 6) is -0.277. The highest BCUT2D eigenvalue weighted by atomic mass is 16.7. The molecule has 5 heteroatoms. The van der Waals surface area contributed by atoms with E-state index in [-0.39, 0.29) is 11.7 Å². The zero-order valence-corrected chi connectivity index (χ0v) is 17.5. The summed E-state index contributed by atoms with van der Waals surface area (Å²) in [6, 6.07) is 21.4. The van der Waals surface area contributed by atoms with Gasteiger partial charge in [0.25, 0.3) is 0 Å². The average molecular weight is 410 g/mol. The first-order valence-electron chi connectivity index (χ1n) is 10.5. The molecule has 5 nitrogen and oxygen atoms in total. The third kappa shape index (κ3) is 3.13. The first-order chi connectivity index (χ1) is 15.1. The van der Waals surface area contributed by atoms with Gasteiger partial charge in [-0.05, 0) is 24.6 Å². The van der Waals surface area contributed by atoms with Crippen molar-refractivity contribution in [2.45, 2.75) is 26.8 Å². The third-order valence-corrected chi connectivity index (χ3v) is 6.01. The molecule has 1 aliphatic heterocycles. The average Bonchev–Trinajstić information content (AvgIpc) is 3.12. The molecule has 0 amide bonds. The summed E-state index contributed by atoms with van der Waals surface area (Å²) in [6.45, 7) is 4.22. The Balaban J connectivity index is 1.72. The van der Waals surface area contributed by atoms with E-state index in [4.69, 9.17) is 4.84 Å². The second kappa shape index (κ2) is 7.51. The number of carbonyl (C=O) groups is 2. The molecule has 0 saturated carbocycles. The lowest BCUT2D eigenvalue weighted by Gasteiger charge is -2.25. The molecular weight excluding hydrogens is 388 g/mol. The summed E-state index contributed by atoms with van der Waals surface area (Å²) >= 11 is 0. The van der Waals surface area contributed by atoms with Crippen molar-refractivity contribution >= 4 is 39.3 Å². The molecule has 1 aliphatic rings. The van der Waals surface area contributed by atoms with Gasteiger partial charge in [-0.2, -0.15) is 0 Å². The molecule has 154 valence electrons. The lowest BCUT2D eigenvalue weighted by atomic mass is 9.90. The van der Waals surface area contributed by atoms with Gasteiger partial charge in [0.1, 0.15) is 0 Å². The van der Waals surface area contributed by atoms with Crippen molar-refractivity contribution in [3.8, 4) is 0 Å². The van der Waals surface area contributed by atoms with Crippen LogP contribution in [0, 0.1) is 5.92 Å². The molecule has 1 aromatic heterocycles. The maximum atomic E-state index is 13.0. The van der Waals surface area contributed by atoms with E-state index in [0.29, 0.717) is 11.1 Å². The lowest BCUT2D eigenvalue weighted by Crippen LogP contribution is -2.26. The van der Waals surface area contributed by atoms with E-state index >= 15 is 0 Å². The normalized spacial score (nSPS) is 16.7. The Labute approximate surface area is 179 Å². The molecule has 4 aromatic rings. The number of hydrogen-bond donors (Lipinski definition) is 0. The zero-order chi connectivity index (χ0) is 21.5. The van der Waals surface area contributed by atoms with Gasteiger partial charge >= 0.3 is 5.97 Å². The minimum atomic E-state index is -0.426. The topological polar surface area (TPSA) is 60.7 Å². The van der Waals surface area contributed by atoms with Crippen LogP contribution in [0.15, 0.2) is 71.9 Å². The number of ketones is 1. The van der Waals surface area contributed by atoms with E-state index < -0.39 is 5.97 Å². The first kappa shape index (κ1) is 19.2. The molecule has 2 heterocycles. The van der Waals surface area contributed by atoms with E-state index in [1.807, 2.05) is 60.7 Å². The van der Waals surface area contributed by atoms with Crippen LogP contribution in [0.3, 0.4) is 0 Å². The van der Waals surface area contributed by atoms with Crippen molar-refractivity contribution in [3.05, 3.63) is 83.4 Å². The Bertz CT molecular complexity index is 1370. The second-order valence-electron chi connectivity index (χ2n) is 7.90. The molecule has 31 heavy (non-hydrogen) atoms. The van der Waals surface area contributed by atoms with E-state index in [2.05, 4.69) is 22.7 Å². The molecule has 0 radical (unpaired) electrons. The predicted octanol–water partition coefficient (Wildman–Crippen LogP) is 5.33. The number of nitrogens with zero attached hydrogens (tertiary/aromatic N) is 2. The highest BCUT2D eigenvalue weighted by molar-refractivity contribution is 6.20. The Morgan fingerprint density at radius 3 is 2.55 bits per heavy atom. The molecule has 0 fully saturated rings. The number of hydrogen-bond acceptors (Lipinski definition) is 4. The van der Waals surface area contributed by atoms with Crippen LogP contribution in [-0.4, -0.2) is 22.0 Å². The van der Waals surface area contributed by atoms with E-state index in [9.17, 15) is 9.59 Å². The molecule has 0 aliphatic carbocycles. The molecule has 5 rings (SSSR count). The highest BCUT2D eigenvalue weighted by Gasteiger charge is 2.29. The van der Waals surface area contributed by atoms with Gasteiger partial charge in [-0.1, -0.05) is 60.6 Å². The lowest BCUT2D eigenvalue weighted by molar-refractivity contribution is -0.140. The summed E-state index contributed by atoms with van der Waals surface area (Å²) < 4.78 is 2.30. The van der Waals surface area contributed by atoms with E-state index in [1.54, 1.807) is 0 Å². The Hall–Kier alpha value is -3.73. The van der Waals surface area contributed by atoms with Gasteiger partial charge in [-0.25, -0.2) is 4.79 Å². The van der Waals surface area contributed by atoms with Crippen LogP contribution >= 0.6 is 0 Å². The molecular formula is C26H22N2O3. The number of carbonyl (C=O) groups excluding carboxylic acids is 2. The van der Waals surface area contributed by atoms with Crippen molar-refractivity contribution in [2.24, 2.45) is 11.1 Å². The summed E-state index contributed by atoms with van der Waals surface area (Å²) in [5.41, 5.74) is 5.29. The molecule has 0 saturated heterocycles. The van der Waals surface area contributed by atoms with Crippen molar-refractivity contribution in [2.75, 3.05) is 0 Å². The van der Waals surface area contributed by atoms with Gasteiger partial charge < -0.3 is 9.40 Å². The van der Waals surface area contributed by atoms with Gasteiger partial charge in [0.15, 0.2) is 5.78 Å². The van der Waals surface area contributed by atoms with E-state index in [0.717, 1.165) is 46.0 Å². The van der Waals surface area contributed by atoms with Gasteiger partial charge in [-0.3, -0.25) is 4.79 Å². The molecule has 0 N–H and O–H groups in total. The number of fused-ring (bicyclic) bond motifs is 3. The fourth-order valence-electron chi connectivity index (χ4n) is 4.54. The van der Waals surface area contributed by atoms with Crippen LogP contribution in [0.5, 0.6) is 0 Å². The molecule has 3 aromatic carbocycles. The quantitative estimate of drug-likeness (QED) is 0.259. The minimum absolute atomic E-state index is 0.0120. The Morgan fingerprint density at radius 1 is 1.00 bits per heavy atom. The minimum Gasteiger partial charge on any atom is -0.339 e. The van der Waals surface area contributed by atoms with Gasteiger partial charge in [0.05, 0.1) is 11.2 Å². The van der Waals surface area contributed by atoms with Gasteiger partial charge in [0.2, 0.25) is 0 Å². The largest absolute Gasteiger partial charge is 0.339 e. The van der Waals surface area contributed by atoms with Crippen LogP contribution < -0.4 is 0 Å². The third-order valence-electron chi connectivity index (χ3n) is 6.01. The standard InChI is InChI=1S/C26H22N2O3/c1-3-17-15-28-23-13-12-19(26(30)18-8-5-4-6-9-18)14-22(23)20-10-7-11-21(25(20)28)24(17)27-31-16(2)29/h4-14,17H,3,15H2,1-2H3/b27-24+. The molecule has 1 atom stereocenters. The van der Waals surface area contributed by atoms with Crippen molar-refractivity contribution < 1.29 is 14.4 Å². The van der Waals surface area contributed by atoms with Gasteiger partial charge in [0, 0.05) is 52.4 Å². The fourth-order valence-corrected chi connectivity index (χ4v) is 4.54. The van der Waals surface area contributed by atoms with Crippen LogP contribution in [0.4, 0.5) is 0 Å². The summed E-state index contributed by atoms with van der Waals surface area (Å²) in [5, 5.41) is 6.33. The number of oxime groups is 1. The zero-order valence-electron chi connectivity index (χ0n) is 17.5. The fraction of sp³-hybridized carbons (Fsp3) is 0.192. The van der Waals surface area contributed by atoms with Crippen molar-refractivity contribution in [1.29, 1.82) is 0 Å². The predicted molar refractivity (Wildman–Crippen MR) is 121 cm³/mol. The number of benzene rings is 3. The maximum absolute atomic E-state index is 13.0. The number of rotatable bonds is 4. The summed E-state index contributed by atoms with van der Waals surface area (Å²) in [4.78, 5) is 29.4. The van der Waals surface area contributed by atoms with E-state index in [1.165, 1.54) is 6.92 Å². The monoisotopic (exact) mass is 410 g/mol. The summed E-state index contributed by atoms with van der Waals surface area (Å²) in [7, 11) is 0. The summed E-state index contributed by atoms with van der Waals surface area (Å²) in [6.07, 6.45) is 0.875. The Morgan fingerprint density at radius 2 is 1.81 bits per heavy atom. The molecule has 0 spiro atoms. The second-order valence-corrected chi connectivity index (χ2v) is 7.90.